The van der Waals surface area contributed by atoms with Gasteiger partial charge in [0.25, 0.3) is 0 Å². The highest BCUT2D eigenvalue weighted by Gasteiger charge is 2.13. The second-order valence-electron chi connectivity index (χ2n) is 7.14. The van der Waals surface area contributed by atoms with Crippen molar-refractivity contribution in [2.75, 3.05) is 6.54 Å². The van der Waals surface area contributed by atoms with Crippen LogP contribution in [-0.2, 0) is 13.1 Å². The monoisotopic (exact) mass is 495 g/mol. The normalized spacial score (nSPS) is 12.8. The summed E-state index contributed by atoms with van der Waals surface area (Å²) in [5.41, 5.74) is 0.902. The van der Waals surface area contributed by atoms with Gasteiger partial charge in [0.2, 0.25) is 0 Å². The molecule has 3 rings (SSSR count). The Bertz CT molecular complexity index is 866. The third kappa shape index (κ3) is 5.73. The lowest BCUT2D eigenvalue weighted by Crippen LogP contribution is -2.38. The molecule has 0 amide bonds. The Morgan fingerprint density at radius 1 is 1.25 bits per heavy atom. The molecule has 2 aromatic heterocycles. The molecule has 7 heteroatoms. The maximum Gasteiger partial charge on any atom is 0.192 e. The van der Waals surface area contributed by atoms with Crippen LogP contribution in [0.2, 0.25) is 0 Å². The average molecular weight is 495 g/mol. The van der Waals surface area contributed by atoms with Gasteiger partial charge in [-0.2, -0.15) is 0 Å². The van der Waals surface area contributed by atoms with Crippen LogP contribution in [0.5, 0.6) is 0 Å². The summed E-state index contributed by atoms with van der Waals surface area (Å²) >= 11 is 0. The van der Waals surface area contributed by atoms with Gasteiger partial charge >= 0.3 is 0 Å². The van der Waals surface area contributed by atoms with Crippen LogP contribution < -0.4 is 10.6 Å². The van der Waals surface area contributed by atoms with E-state index in [1.54, 1.807) is 0 Å². The third-order valence-electron chi connectivity index (χ3n) is 4.31. The summed E-state index contributed by atoms with van der Waals surface area (Å²) in [7, 11) is 0. The van der Waals surface area contributed by atoms with Crippen molar-refractivity contribution in [2.45, 2.75) is 46.8 Å². The molecule has 0 aliphatic rings. The standard InChI is InChI=1S/C21H29N5O.HI/c1-5-22-21(24-13-20-23-10-11-26(20)14-15(2)3)25-16(4)19-12-17-8-6-7-9-18(17)27-19;/h6-12,15-16H,5,13-14H2,1-4H3,(H2,22,24,25);1H. The van der Waals surface area contributed by atoms with Crippen molar-refractivity contribution in [2.24, 2.45) is 10.9 Å². The predicted octanol–water partition coefficient (Wildman–Crippen LogP) is 4.72. The zero-order chi connectivity index (χ0) is 19.2. The second kappa shape index (κ2) is 10.5. The number of nitrogens with zero attached hydrogens (tertiary/aromatic N) is 3. The van der Waals surface area contributed by atoms with Crippen LogP contribution >= 0.6 is 24.0 Å². The quantitative estimate of drug-likeness (QED) is 0.283. The van der Waals surface area contributed by atoms with Crippen molar-refractivity contribution >= 4 is 40.9 Å². The second-order valence-corrected chi connectivity index (χ2v) is 7.14. The molecule has 1 aromatic carbocycles. The largest absolute Gasteiger partial charge is 0.459 e. The highest BCUT2D eigenvalue weighted by atomic mass is 127. The van der Waals surface area contributed by atoms with Gasteiger partial charge in [-0.15, -0.1) is 24.0 Å². The number of hydrogen-bond donors (Lipinski definition) is 2. The Labute approximate surface area is 183 Å². The Hall–Kier alpha value is -2.03. The smallest absolute Gasteiger partial charge is 0.192 e. The van der Waals surface area contributed by atoms with Crippen LogP contribution in [0, 0.1) is 5.92 Å². The maximum atomic E-state index is 5.96. The summed E-state index contributed by atoms with van der Waals surface area (Å²) < 4.78 is 8.13. The van der Waals surface area contributed by atoms with Gasteiger partial charge in [0.1, 0.15) is 23.7 Å². The molecule has 0 spiro atoms. The van der Waals surface area contributed by atoms with Gasteiger partial charge in [0.15, 0.2) is 5.96 Å². The summed E-state index contributed by atoms with van der Waals surface area (Å²) in [6.07, 6.45) is 3.85. The lowest BCUT2D eigenvalue weighted by molar-refractivity contribution is 0.487. The Kier molecular flexibility index (Phi) is 8.35. The van der Waals surface area contributed by atoms with Crippen molar-refractivity contribution in [3.05, 3.63) is 54.3 Å². The van der Waals surface area contributed by atoms with Gasteiger partial charge in [-0.3, -0.25) is 0 Å². The van der Waals surface area contributed by atoms with E-state index in [1.165, 1.54) is 0 Å². The zero-order valence-electron chi connectivity index (χ0n) is 17.0. The highest BCUT2D eigenvalue weighted by molar-refractivity contribution is 14.0. The minimum absolute atomic E-state index is 0. The van der Waals surface area contributed by atoms with Crippen LogP contribution in [-0.4, -0.2) is 22.1 Å². The van der Waals surface area contributed by atoms with E-state index in [2.05, 4.69) is 60.0 Å². The average Bonchev–Trinajstić information content (AvgIpc) is 3.25. The van der Waals surface area contributed by atoms with Crippen LogP contribution in [0.25, 0.3) is 11.0 Å². The van der Waals surface area contributed by atoms with Crippen molar-refractivity contribution in [1.82, 2.24) is 20.2 Å². The van der Waals surface area contributed by atoms with E-state index in [9.17, 15) is 0 Å². The molecule has 0 saturated heterocycles. The van der Waals surface area contributed by atoms with Crippen LogP contribution in [0.4, 0.5) is 0 Å². The summed E-state index contributed by atoms with van der Waals surface area (Å²) in [5.74, 6) is 3.19. The van der Waals surface area contributed by atoms with E-state index in [0.29, 0.717) is 12.5 Å². The Morgan fingerprint density at radius 3 is 2.75 bits per heavy atom. The maximum absolute atomic E-state index is 5.96. The van der Waals surface area contributed by atoms with E-state index in [0.717, 1.165) is 41.6 Å². The van der Waals surface area contributed by atoms with E-state index < -0.39 is 0 Å². The number of furan rings is 1. The van der Waals surface area contributed by atoms with Crippen LogP contribution in [0.3, 0.4) is 0 Å². The molecule has 28 heavy (non-hydrogen) atoms. The molecule has 0 fully saturated rings. The number of para-hydroxylation sites is 1. The van der Waals surface area contributed by atoms with Gasteiger partial charge in [0, 0.05) is 30.9 Å². The topological polar surface area (TPSA) is 67.4 Å². The Balaban J connectivity index is 0.00000280. The minimum atomic E-state index is 0. The summed E-state index contributed by atoms with van der Waals surface area (Å²) in [4.78, 5) is 9.16. The third-order valence-corrected chi connectivity index (χ3v) is 4.31. The van der Waals surface area contributed by atoms with E-state index in [4.69, 9.17) is 9.41 Å². The number of benzene rings is 1. The van der Waals surface area contributed by atoms with Crippen LogP contribution in [0.1, 0.15) is 45.3 Å². The lowest BCUT2D eigenvalue weighted by Gasteiger charge is -2.16. The lowest BCUT2D eigenvalue weighted by atomic mass is 10.2. The molecule has 0 radical (unpaired) electrons. The molecule has 2 N–H and O–H groups in total. The summed E-state index contributed by atoms with van der Waals surface area (Å²) in [6, 6.07) is 10.1. The van der Waals surface area contributed by atoms with Gasteiger partial charge < -0.3 is 19.6 Å². The first-order valence-electron chi connectivity index (χ1n) is 9.60. The number of hydrogen-bond acceptors (Lipinski definition) is 3. The van der Waals surface area contributed by atoms with Crippen molar-refractivity contribution in [1.29, 1.82) is 0 Å². The fourth-order valence-corrected chi connectivity index (χ4v) is 3.01. The van der Waals surface area contributed by atoms with Gasteiger partial charge in [-0.25, -0.2) is 9.98 Å². The number of nitrogens with one attached hydrogen (secondary N) is 2. The fourth-order valence-electron chi connectivity index (χ4n) is 3.01. The fraction of sp³-hybridized carbons (Fsp3) is 0.429. The number of rotatable bonds is 7. The predicted molar refractivity (Wildman–Crippen MR) is 125 cm³/mol. The van der Waals surface area contributed by atoms with Gasteiger partial charge in [-0.05, 0) is 31.9 Å². The van der Waals surface area contributed by atoms with E-state index in [-0.39, 0.29) is 30.0 Å². The molecule has 0 aliphatic heterocycles. The van der Waals surface area contributed by atoms with Crippen molar-refractivity contribution in [3.8, 4) is 0 Å². The zero-order valence-corrected chi connectivity index (χ0v) is 19.3. The molecule has 3 aromatic rings. The SMILES string of the molecule is CCNC(=NCc1nccn1CC(C)C)NC(C)c1cc2ccccc2o1.I. The molecule has 152 valence electrons. The minimum Gasteiger partial charge on any atom is -0.459 e. The first-order chi connectivity index (χ1) is 13.1. The highest BCUT2D eigenvalue weighted by Crippen LogP contribution is 2.23. The van der Waals surface area contributed by atoms with Crippen molar-refractivity contribution < 1.29 is 4.42 Å². The molecule has 0 bridgehead atoms. The summed E-state index contributed by atoms with van der Waals surface area (Å²) in [5, 5.41) is 7.84. The molecular weight excluding hydrogens is 465 g/mol. The first-order valence-corrected chi connectivity index (χ1v) is 9.60. The molecule has 0 aliphatic carbocycles. The van der Waals surface area contributed by atoms with Crippen molar-refractivity contribution in [3.63, 3.8) is 0 Å². The van der Waals surface area contributed by atoms with E-state index in [1.807, 2.05) is 30.6 Å². The molecule has 6 nitrogen and oxygen atoms in total. The Morgan fingerprint density at radius 2 is 2.04 bits per heavy atom. The number of aromatic nitrogens is 2. The number of guanidine groups is 1. The van der Waals surface area contributed by atoms with Crippen LogP contribution in [0.15, 0.2) is 52.1 Å². The molecule has 2 heterocycles. The molecule has 1 unspecified atom stereocenters. The number of halogens is 1. The van der Waals surface area contributed by atoms with Gasteiger partial charge in [0.05, 0.1) is 6.04 Å². The first kappa shape index (κ1) is 22.3. The number of imidazole rings is 1. The molecule has 0 saturated carbocycles. The number of aliphatic imine (C=N–C) groups is 1. The number of fused-ring (bicyclic) bond motifs is 1. The van der Waals surface area contributed by atoms with Gasteiger partial charge in [-0.1, -0.05) is 32.0 Å². The van der Waals surface area contributed by atoms with E-state index >= 15 is 0 Å². The molecular formula is C21H30IN5O. The summed E-state index contributed by atoms with van der Waals surface area (Å²) in [6.45, 7) is 10.8. The molecule has 1 atom stereocenters.